The zero-order valence-electron chi connectivity index (χ0n) is 15.5. The standard InChI is InChI=1S/C24H18BrNO3/c25-20-12-6-5-11-19(20)23-26-21(24(27)29-23)16-18-10-4-7-13-22(18)28-15-14-17-8-2-1-3-9-17/h1-13,16H,14-15H2/b21-16-. The van der Waals surface area contributed by atoms with Gasteiger partial charge in [0.2, 0.25) is 5.90 Å². The van der Waals surface area contributed by atoms with Crippen LogP contribution in [0.1, 0.15) is 16.7 Å². The van der Waals surface area contributed by atoms with Gasteiger partial charge >= 0.3 is 5.97 Å². The number of hydrogen-bond donors (Lipinski definition) is 0. The normalized spacial score (nSPS) is 14.6. The molecular formula is C24H18BrNO3. The van der Waals surface area contributed by atoms with Crippen molar-refractivity contribution in [3.8, 4) is 5.75 Å². The molecule has 0 radical (unpaired) electrons. The Hall–Kier alpha value is -3.18. The van der Waals surface area contributed by atoms with Crippen LogP contribution < -0.4 is 4.74 Å². The number of carbonyl (C=O) groups is 1. The van der Waals surface area contributed by atoms with Crippen LogP contribution in [0.3, 0.4) is 0 Å². The number of ether oxygens (including phenoxy) is 2. The molecule has 3 aromatic rings. The van der Waals surface area contributed by atoms with Crippen LogP contribution in [-0.4, -0.2) is 18.5 Å². The molecule has 0 spiro atoms. The van der Waals surface area contributed by atoms with Gasteiger partial charge in [0.1, 0.15) is 5.75 Å². The molecule has 0 fully saturated rings. The summed E-state index contributed by atoms with van der Waals surface area (Å²) in [5.74, 6) is 0.513. The van der Waals surface area contributed by atoms with Crippen LogP contribution in [0.2, 0.25) is 0 Å². The first-order valence-electron chi connectivity index (χ1n) is 9.24. The van der Waals surface area contributed by atoms with E-state index in [0.29, 0.717) is 12.4 Å². The van der Waals surface area contributed by atoms with Crippen molar-refractivity contribution < 1.29 is 14.3 Å². The molecule has 5 heteroatoms. The van der Waals surface area contributed by atoms with Crippen molar-refractivity contribution in [3.63, 3.8) is 0 Å². The van der Waals surface area contributed by atoms with Crippen molar-refractivity contribution in [3.05, 3.63) is 106 Å². The Labute approximate surface area is 177 Å². The highest BCUT2D eigenvalue weighted by Gasteiger charge is 2.25. The van der Waals surface area contributed by atoms with Gasteiger partial charge in [-0.05, 0) is 45.8 Å². The summed E-state index contributed by atoms with van der Waals surface area (Å²) in [5, 5.41) is 0. The van der Waals surface area contributed by atoms with Gasteiger partial charge in [-0.15, -0.1) is 0 Å². The van der Waals surface area contributed by atoms with Crippen LogP contribution in [0.15, 0.2) is 94.0 Å². The van der Waals surface area contributed by atoms with Gasteiger partial charge in [0.15, 0.2) is 5.70 Å². The first-order chi connectivity index (χ1) is 14.2. The van der Waals surface area contributed by atoms with Crippen molar-refractivity contribution in [1.82, 2.24) is 0 Å². The predicted octanol–water partition coefficient (Wildman–Crippen LogP) is 5.42. The van der Waals surface area contributed by atoms with E-state index in [4.69, 9.17) is 9.47 Å². The summed E-state index contributed by atoms with van der Waals surface area (Å²) in [6, 6.07) is 25.2. The number of carbonyl (C=O) groups excluding carboxylic acids is 1. The number of nitrogens with zero attached hydrogens (tertiary/aromatic N) is 1. The fourth-order valence-corrected chi connectivity index (χ4v) is 3.42. The Bertz CT molecular complexity index is 1090. The molecule has 0 aliphatic carbocycles. The number of cyclic esters (lactones) is 1. The number of rotatable bonds is 6. The first-order valence-corrected chi connectivity index (χ1v) is 10.0. The summed E-state index contributed by atoms with van der Waals surface area (Å²) >= 11 is 3.46. The molecule has 144 valence electrons. The van der Waals surface area contributed by atoms with E-state index in [1.54, 1.807) is 6.08 Å². The average Bonchev–Trinajstić information content (AvgIpc) is 3.10. The van der Waals surface area contributed by atoms with Crippen LogP contribution in [0.5, 0.6) is 5.75 Å². The molecule has 0 atom stereocenters. The molecule has 29 heavy (non-hydrogen) atoms. The maximum atomic E-state index is 12.3. The van der Waals surface area contributed by atoms with Crippen molar-refractivity contribution in [2.75, 3.05) is 6.61 Å². The van der Waals surface area contributed by atoms with Gasteiger partial charge in [0.25, 0.3) is 0 Å². The van der Waals surface area contributed by atoms with Crippen molar-refractivity contribution in [2.24, 2.45) is 4.99 Å². The van der Waals surface area contributed by atoms with Crippen LogP contribution in [0.25, 0.3) is 6.08 Å². The van der Waals surface area contributed by atoms with Gasteiger partial charge in [0.05, 0.1) is 12.2 Å². The Balaban J connectivity index is 1.53. The van der Waals surface area contributed by atoms with E-state index in [2.05, 4.69) is 33.1 Å². The second kappa shape index (κ2) is 8.88. The monoisotopic (exact) mass is 447 g/mol. The Morgan fingerprint density at radius 3 is 2.48 bits per heavy atom. The first kappa shape index (κ1) is 19.2. The molecule has 0 saturated carbocycles. The molecule has 4 rings (SSSR count). The zero-order chi connectivity index (χ0) is 20.1. The summed E-state index contributed by atoms with van der Waals surface area (Å²) in [4.78, 5) is 16.7. The van der Waals surface area contributed by atoms with E-state index in [0.717, 1.165) is 22.0 Å². The topological polar surface area (TPSA) is 47.9 Å². The molecule has 0 saturated heterocycles. The Morgan fingerprint density at radius 2 is 1.66 bits per heavy atom. The summed E-state index contributed by atoms with van der Waals surface area (Å²) in [6.45, 7) is 0.542. The van der Waals surface area contributed by atoms with Gasteiger partial charge in [-0.25, -0.2) is 9.79 Å². The smallest absolute Gasteiger partial charge is 0.363 e. The maximum absolute atomic E-state index is 12.3. The van der Waals surface area contributed by atoms with Crippen molar-refractivity contribution in [1.29, 1.82) is 0 Å². The van der Waals surface area contributed by atoms with E-state index < -0.39 is 5.97 Å². The van der Waals surface area contributed by atoms with Crippen molar-refractivity contribution in [2.45, 2.75) is 6.42 Å². The minimum absolute atomic E-state index is 0.245. The number of halogens is 1. The molecule has 0 amide bonds. The molecular weight excluding hydrogens is 430 g/mol. The number of aliphatic imine (C=N–C) groups is 1. The highest BCUT2D eigenvalue weighted by Crippen LogP contribution is 2.26. The molecule has 3 aromatic carbocycles. The molecule has 4 nitrogen and oxygen atoms in total. The van der Waals surface area contributed by atoms with E-state index in [1.807, 2.05) is 66.7 Å². The second-order valence-corrected chi connectivity index (χ2v) is 7.29. The van der Waals surface area contributed by atoms with E-state index in [1.165, 1.54) is 5.56 Å². The van der Waals surface area contributed by atoms with E-state index in [9.17, 15) is 4.79 Å². The van der Waals surface area contributed by atoms with E-state index >= 15 is 0 Å². The highest BCUT2D eigenvalue weighted by atomic mass is 79.9. The molecule has 0 aromatic heterocycles. The Kier molecular flexibility index (Phi) is 5.86. The average molecular weight is 448 g/mol. The lowest BCUT2D eigenvalue weighted by molar-refractivity contribution is -0.129. The largest absolute Gasteiger partial charge is 0.493 e. The van der Waals surface area contributed by atoms with Crippen LogP contribution in [-0.2, 0) is 16.0 Å². The summed E-state index contributed by atoms with van der Waals surface area (Å²) < 4.78 is 12.1. The molecule has 0 N–H and O–H groups in total. The molecule has 1 heterocycles. The van der Waals surface area contributed by atoms with Gasteiger partial charge in [-0.3, -0.25) is 0 Å². The van der Waals surface area contributed by atoms with Crippen LogP contribution >= 0.6 is 15.9 Å². The highest BCUT2D eigenvalue weighted by molar-refractivity contribution is 9.10. The fourth-order valence-electron chi connectivity index (χ4n) is 2.96. The lowest BCUT2D eigenvalue weighted by atomic mass is 10.1. The number of benzene rings is 3. The third kappa shape index (κ3) is 4.63. The molecule has 0 unspecified atom stereocenters. The van der Waals surface area contributed by atoms with Gasteiger partial charge in [-0.2, -0.15) is 0 Å². The van der Waals surface area contributed by atoms with Crippen LogP contribution in [0.4, 0.5) is 0 Å². The minimum atomic E-state index is -0.477. The van der Waals surface area contributed by atoms with Gasteiger partial charge in [0, 0.05) is 16.5 Å². The second-order valence-electron chi connectivity index (χ2n) is 6.44. The lowest BCUT2D eigenvalue weighted by Crippen LogP contribution is -2.06. The SMILES string of the molecule is O=C1OC(c2ccccc2Br)=N/C1=C\c1ccccc1OCCc1ccccc1. The molecule has 0 bridgehead atoms. The van der Waals surface area contributed by atoms with Crippen LogP contribution in [0, 0.1) is 0 Å². The number of hydrogen-bond acceptors (Lipinski definition) is 4. The fraction of sp³-hybridized carbons (Fsp3) is 0.0833. The zero-order valence-corrected chi connectivity index (χ0v) is 17.1. The quantitative estimate of drug-likeness (QED) is 0.374. The maximum Gasteiger partial charge on any atom is 0.363 e. The number of esters is 1. The third-order valence-corrected chi connectivity index (χ3v) is 5.12. The van der Waals surface area contributed by atoms with Gasteiger partial charge < -0.3 is 9.47 Å². The van der Waals surface area contributed by atoms with Crippen molar-refractivity contribution >= 4 is 33.9 Å². The molecule has 1 aliphatic rings. The third-order valence-electron chi connectivity index (χ3n) is 4.43. The van der Waals surface area contributed by atoms with Gasteiger partial charge in [-0.1, -0.05) is 60.7 Å². The molecule has 1 aliphatic heterocycles. The predicted molar refractivity (Wildman–Crippen MR) is 117 cm³/mol. The Morgan fingerprint density at radius 1 is 0.931 bits per heavy atom. The lowest BCUT2D eigenvalue weighted by Gasteiger charge is -2.09. The summed E-state index contributed by atoms with van der Waals surface area (Å²) in [5.41, 5.74) is 2.97. The minimum Gasteiger partial charge on any atom is -0.493 e. The number of para-hydroxylation sites is 1. The van der Waals surface area contributed by atoms with E-state index in [-0.39, 0.29) is 11.6 Å². The summed E-state index contributed by atoms with van der Waals surface area (Å²) in [7, 11) is 0. The summed E-state index contributed by atoms with van der Waals surface area (Å²) in [6.07, 6.45) is 2.50.